The van der Waals surface area contributed by atoms with E-state index in [1.54, 1.807) is 0 Å². The Labute approximate surface area is 43.8 Å². The summed E-state index contributed by atoms with van der Waals surface area (Å²) in [4.78, 5) is 0. The van der Waals surface area contributed by atoms with Crippen molar-refractivity contribution in [3.8, 4) is 0 Å². The fraction of sp³-hybridized carbons (Fsp3) is 0. The number of aliphatic hydroxyl groups excluding tert-OH is 1. The summed E-state index contributed by atoms with van der Waals surface area (Å²) >= 11 is 6.34. The molecule has 0 radical (unpaired) electrons. The summed E-state index contributed by atoms with van der Waals surface area (Å²) in [5.41, 5.74) is 0. The molecule has 0 unspecified atom stereocenters. The predicted octanol–water partition coefficient (Wildman–Crippen LogP) is 0.0481. The van der Waals surface area contributed by atoms with Crippen molar-refractivity contribution in [3.63, 3.8) is 0 Å². The number of aliphatic hydroxyl groups is 1. The van der Waals surface area contributed by atoms with Gasteiger partial charge >= 0.3 is 43.5 Å². The summed E-state index contributed by atoms with van der Waals surface area (Å²) in [6.07, 6.45) is 0. The molecule has 0 saturated heterocycles. The standard InChI is InChI=1S/CH4OS2Se/c2-1-5(3)4/h1-4H. The van der Waals surface area contributed by atoms with Gasteiger partial charge in [0.05, 0.1) is 0 Å². The van der Waals surface area contributed by atoms with E-state index in [9.17, 15) is 0 Å². The maximum absolute atomic E-state index is 7.92. The average Bonchev–Trinajstić information content (AvgIpc) is 1.38. The zero-order valence-corrected chi connectivity index (χ0v) is 5.83. The zero-order chi connectivity index (χ0) is 4.28. The molecule has 0 aromatic heterocycles. The Bertz CT molecular complexity index is 47.6. The van der Waals surface area contributed by atoms with E-state index >= 15 is 0 Å². The summed E-state index contributed by atoms with van der Waals surface area (Å²) in [6.45, 7) is 0. The van der Waals surface area contributed by atoms with Gasteiger partial charge in [-0.25, -0.2) is 0 Å². The normalized spacial score (nSPS) is 8.80. The van der Waals surface area contributed by atoms with Crippen LogP contribution in [-0.4, -0.2) is 21.4 Å². The van der Waals surface area contributed by atoms with Gasteiger partial charge in [0.15, 0.2) is 0 Å². The van der Waals surface area contributed by atoms with Crippen molar-refractivity contribution < 1.29 is 5.11 Å². The first-order chi connectivity index (χ1) is 2.27. The molecule has 0 heterocycles. The van der Waals surface area contributed by atoms with Gasteiger partial charge in [-0.2, -0.15) is 0 Å². The molecular formula is CH4OS2Se. The molecule has 0 saturated carbocycles. The Balaban J connectivity index is 3.14. The van der Waals surface area contributed by atoms with Crippen molar-refractivity contribution in [1.82, 2.24) is 0 Å². The summed E-state index contributed by atoms with van der Waals surface area (Å²) < 4.78 is 0. The van der Waals surface area contributed by atoms with E-state index in [4.69, 9.17) is 5.11 Å². The van der Waals surface area contributed by atoms with Crippen LogP contribution in [0.3, 0.4) is 0 Å². The molecule has 1 nitrogen and oxygen atoms in total. The van der Waals surface area contributed by atoms with Crippen molar-refractivity contribution >= 4 is 38.4 Å². The number of rotatable bonds is 0. The van der Waals surface area contributed by atoms with Gasteiger partial charge in [0.25, 0.3) is 0 Å². The van der Waals surface area contributed by atoms with E-state index in [2.05, 4.69) is 22.1 Å². The molecule has 5 heavy (non-hydrogen) atoms. The van der Waals surface area contributed by atoms with Crippen LogP contribution in [0.4, 0.5) is 0 Å². The van der Waals surface area contributed by atoms with Crippen LogP contribution < -0.4 is 0 Å². The molecule has 0 spiro atoms. The second-order valence-electron chi connectivity index (χ2n) is 0.398. The first-order valence-corrected chi connectivity index (χ1v) is 7.18. The van der Waals surface area contributed by atoms with Crippen molar-refractivity contribution in [2.75, 3.05) is 0 Å². The summed E-state index contributed by atoms with van der Waals surface area (Å²) in [5.74, 6) is 0. The third-order valence-corrected chi connectivity index (χ3v) is 1.47. The van der Waals surface area contributed by atoms with Gasteiger partial charge < -0.3 is 0 Å². The van der Waals surface area contributed by atoms with Gasteiger partial charge in [0, 0.05) is 0 Å². The summed E-state index contributed by atoms with van der Waals surface area (Å²) in [6, 6.07) is 0. The minimum absolute atomic E-state index is 1.02. The Hall–Kier alpha value is 1.05. The van der Waals surface area contributed by atoms with Gasteiger partial charge in [0.1, 0.15) is 0 Å². The molecule has 0 amide bonds. The molecule has 0 aromatic rings. The van der Waals surface area contributed by atoms with Gasteiger partial charge in [0.2, 0.25) is 0 Å². The molecule has 0 bridgehead atoms. The van der Waals surface area contributed by atoms with Crippen LogP contribution in [0.25, 0.3) is 0 Å². The molecule has 0 aliphatic rings. The Kier molecular flexibility index (Phi) is 3.93. The van der Waals surface area contributed by atoms with E-state index in [1.165, 1.54) is 0 Å². The second kappa shape index (κ2) is 3.25. The van der Waals surface area contributed by atoms with Gasteiger partial charge in [-0.15, -0.1) is 0 Å². The van der Waals surface area contributed by atoms with E-state index < -0.39 is 11.2 Å². The van der Waals surface area contributed by atoms with E-state index in [0.717, 1.165) is 5.11 Å². The Morgan fingerprint density at radius 1 is 1.60 bits per heavy atom. The van der Waals surface area contributed by atoms with Crippen molar-refractivity contribution in [2.45, 2.75) is 0 Å². The van der Waals surface area contributed by atoms with Crippen LogP contribution in [0.5, 0.6) is 0 Å². The van der Waals surface area contributed by atoms with Crippen molar-refractivity contribution in [3.05, 3.63) is 0 Å². The van der Waals surface area contributed by atoms with Crippen LogP contribution in [0.2, 0.25) is 0 Å². The van der Waals surface area contributed by atoms with Crippen molar-refractivity contribution in [2.24, 2.45) is 0 Å². The number of hydrogen-bond donors (Lipinski definition) is 3. The monoisotopic (exact) mass is 176 g/mol. The molecule has 0 rings (SSSR count). The molecule has 0 fully saturated rings. The third-order valence-electron chi connectivity index (χ3n) is 0.0943. The fourth-order valence-electron chi connectivity index (χ4n) is 0. The topological polar surface area (TPSA) is 20.2 Å². The van der Waals surface area contributed by atoms with Crippen LogP contribution in [-0.2, 0) is 0 Å². The van der Waals surface area contributed by atoms with Crippen LogP contribution in [0.15, 0.2) is 0 Å². The molecule has 0 atom stereocenters. The first kappa shape index (κ1) is 6.05. The molecule has 0 aliphatic carbocycles. The third kappa shape index (κ3) is 5.05. The van der Waals surface area contributed by atoms with E-state index in [0.29, 0.717) is 0 Å². The minimum atomic E-state index is -1.23. The first-order valence-electron chi connectivity index (χ1n) is 0.859. The summed E-state index contributed by atoms with van der Waals surface area (Å²) in [7, 11) is 0. The van der Waals surface area contributed by atoms with Crippen molar-refractivity contribution in [1.29, 1.82) is 0 Å². The quantitative estimate of drug-likeness (QED) is 0.351. The Morgan fingerprint density at radius 2 is 1.80 bits per heavy atom. The molecule has 0 aromatic carbocycles. The molecule has 4 heteroatoms. The van der Waals surface area contributed by atoms with Gasteiger partial charge in [-0.05, 0) is 0 Å². The maximum atomic E-state index is 7.92. The number of hydrogen-bond acceptors (Lipinski definition) is 3. The predicted molar refractivity (Wildman–Crippen MR) is 31.7 cm³/mol. The summed E-state index contributed by atoms with van der Waals surface area (Å²) in [5, 5.41) is 8.94. The fourth-order valence-corrected chi connectivity index (χ4v) is 0. The molecule has 0 aliphatic heterocycles. The Morgan fingerprint density at radius 3 is 1.80 bits per heavy atom. The average molecular weight is 175 g/mol. The van der Waals surface area contributed by atoms with E-state index in [1.807, 2.05) is 0 Å². The molecule has 1 N–H and O–H groups in total. The second-order valence-corrected chi connectivity index (χ2v) is 7.65. The van der Waals surface area contributed by atoms with Crippen LogP contribution in [0.1, 0.15) is 0 Å². The SMILES string of the molecule is OC=[Se](S)S. The number of thiol groups is 2. The zero-order valence-electron chi connectivity index (χ0n) is 2.33. The van der Waals surface area contributed by atoms with Gasteiger partial charge in [-0.3, -0.25) is 0 Å². The van der Waals surface area contributed by atoms with Gasteiger partial charge in [-0.1, -0.05) is 0 Å². The molecular weight excluding hydrogens is 171 g/mol. The van der Waals surface area contributed by atoms with E-state index in [-0.39, 0.29) is 0 Å². The molecule has 32 valence electrons. The van der Waals surface area contributed by atoms with Crippen LogP contribution >= 0.6 is 22.1 Å². The van der Waals surface area contributed by atoms with Crippen LogP contribution in [0, 0.1) is 0 Å².